The highest BCUT2D eigenvalue weighted by molar-refractivity contribution is 6.30. The summed E-state index contributed by atoms with van der Waals surface area (Å²) in [5.74, 6) is 4.03. The van der Waals surface area contributed by atoms with E-state index in [-0.39, 0.29) is 23.8 Å². The second-order valence-electron chi connectivity index (χ2n) is 9.98. The van der Waals surface area contributed by atoms with Gasteiger partial charge in [-0.1, -0.05) is 62.4 Å². The summed E-state index contributed by atoms with van der Waals surface area (Å²) in [4.78, 5) is 30.9. The maximum Gasteiger partial charge on any atom is 0.439 e. The Hall–Kier alpha value is -3.90. The fourth-order valence-corrected chi connectivity index (χ4v) is 4.98. The van der Waals surface area contributed by atoms with Crippen molar-refractivity contribution in [1.29, 1.82) is 0 Å². The molecule has 2 unspecified atom stereocenters. The lowest BCUT2D eigenvalue weighted by molar-refractivity contribution is 0.388. The van der Waals surface area contributed by atoms with Crippen LogP contribution in [0.1, 0.15) is 66.7 Å². The Morgan fingerprint density at radius 1 is 1.18 bits per heavy atom. The van der Waals surface area contributed by atoms with Crippen molar-refractivity contribution < 1.29 is 4.52 Å². The summed E-state index contributed by atoms with van der Waals surface area (Å²) < 4.78 is 6.71. The molecule has 4 rings (SSSR count). The van der Waals surface area contributed by atoms with E-state index in [0.29, 0.717) is 33.4 Å². The number of imidazole rings is 1. The molecule has 4 aromatic heterocycles. The average molecular weight is 562 g/mol. The second-order valence-corrected chi connectivity index (χ2v) is 10.4. The van der Waals surface area contributed by atoms with Gasteiger partial charge >= 0.3 is 5.76 Å². The molecule has 0 saturated heterocycles. The predicted octanol–water partition coefficient (Wildman–Crippen LogP) is 6.69. The van der Waals surface area contributed by atoms with E-state index in [2.05, 4.69) is 73.2 Å². The third-order valence-corrected chi connectivity index (χ3v) is 7.22. The molecule has 0 aliphatic carbocycles. The van der Waals surface area contributed by atoms with Crippen LogP contribution in [0.25, 0.3) is 33.8 Å². The van der Waals surface area contributed by atoms with Crippen LogP contribution in [0.5, 0.6) is 0 Å². The molecule has 4 heterocycles. The SMILES string of the molecule is C=CC(C)N(c1nc2cc(-c3noc(=O)[nH]3)nc(-c3cncc(Cl)c3)c2n1C#CC(CCC)CCC)C(C)CC. The monoisotopic (exact) mass is 561 g/mol. The molecule has 0 amide bonds. The van der Waals surface area contributed by atoms with Crippen LogP contribution in [-0.2, 0) is 0 Å². The lowest BCUT2D eigenvalue weighted by atomic mass is 9.99. The van der Waals surface area contributed by atoms with Crippen molar-refractivity contribution in [3.05, 3.63) is 52.8 Å². The highest BCUT2D eigenvalue weighted by Gasteiger charge is 2.27. The number of nitrogens with zero attached hydrogens (tertiary/aromatic N) is 6. The van der Waals surface area contributed by atoms with Crippen molar-refractivity contribution in [1.82, 2.24) is 29.7 Å². The molecule has 0 fully saturated rings. The van der Waals surface area contributed by atoms with Gasteiger partial charge < -0.3 is 4.90 Å². The molecule has 0 radical (unpaired) electrons. The number of H-pyrrole nitrogens is 1. The Kier molecular flexibility index (Phi) is 9.43. The van der Waals surface area contributed by atoms with Crippen molar-refractivity contribution in [3.63, 3.8) is 0 Å². The van der Waals surface area contributed by atoms with E-state index >= 15 is 0 Å². The summed E-state index contributed by atoms with van der Waals surface area (Å²) in [5.41, 5.74) is 3.01. The first-order chi connectivity index (χ1) is 19.3. The summed E-state index contributed by atoms with van der Waals surface area (Å²) in [6.07, 6.45) is 10.2. The van der Waals surface area contributed by atoms with Crippen LogP contribution in [0.3, 0.4) is 0 Å². The summed E-state index contributed by atoms with van der Waals surface area (Å²) in [5, 5.41) is 4.33. The maximum atomic E-state index is 11.8. The zero-order chi connectivity index (χ0) is 28.8. The lowest BCUT2D eigenvalue weighted by Crippen LogP contribution is -2.40. The van der Waals surface area contributed by atoms with Crippen LogP contribution in [0.4, 0.5) is 5.95 Å². The minimum absolute atomic E-state index is 0.00926. The van der Waals surface area contributed by atoms with Gasteiger partial charge in [0, 0.05) is 42.0 Å². The molecule has 0 aromatic carbocycles. The highest BCUT2D eigenvalue weighted by Crippen LogP contribution is 2.35. The van der Waals surface area contributed by atoms with Gasteiger partial charge in [-0.15, -0.1) is 6.58 Å². The smallest absolute Gasteiger partial charge is 0.333 e. The molecular weight excluding hydrogens is 526 g/mol. The van der Waals surface area contributed by atoms with Gasteiger partial charge in [-0.05, 0) is 45.2 Å². The first-order valence-corrected chi connectivity index (χ1v) is 14.2. The van der Waals surface area contributed by atoms with Crippen molar-refractivity contribution in [3.8, 4) is 34.7 Å². The Morgan fingerprint density at radius 3 is 2.52 bits per heavy atom. The van der Waals surface area contributed by atoms with E-state index in [1.165, 1.54) is 0 Å². The van der Waals surface area contributed by atoms with Crippen LogP contribution in [0.2, 0.25) is 5.02 Å². The second kappa shape index (κ2) is 13.0. The van der Waals surface area contributed by atoms with Crippen LogP contribution in [0, 0.1) is 17.9 Å². The molecule has 0 saturated carbocycles. The zero-order valence-electron chi connectivity index (χ0n) is 23.7. The fraction of sp³-hybridized carbons (Fsp3) is 0.433. The van der Waals surface area contributed by atoms with E-state index in [4.69, 9.17) is 26.1 Å². The van der Waals surface area contributed by atoms with Gasteiger partial charge in [0.2, 0.25) is 11.8 Å². The Balaban J connectivity index is 2.10. The first kappa shape index (κ1) is 29.1. The van der Waals surface area contributed by atoms with Crippen LogP contribution < -0.4 is 10.7 Å². The third kappa shape index (κ3) is 6.13. The maximum absolute atomic E-state index is 11.8. The van der Waals surface area contributed by atoms with Crippen molar-refractivity contribution in [2.24, 2.45) is 5.92 Å². The van der Waals surface area contributed by atoms with Crippen molar-refractivity contribution in [2.45, 2.75) is 78.8 Å². The van der Waals surface area contributed by atoms with Crippen molar-refractivity contribution in [2.75, 3.05) is 4.90 Å². The summed E-state index contributed by atoms with van der Waals surface area (Å²) in [7, 11) is 0. The highest BCUT2D eigenvalue weighted by atomic mass is 35.5. The molecule has 2 atom stereocenters. The molecule has 210 valence electrons. The topological polar surface area (TPSA) is 106 Å². The van der Waals surface area contributed by atoms with E-state index < -0.39 is 5.76 Å². The normalized spacial score (nSPS) is 12.8. The van der Waals surface area contributed by atoms with E-state index in [1.807, 2.05) is 10.6 Å². The molecule has 0 aliphatic rings. The number of hydrogen-bond acceptors (Lipinski definition) is 7. The Morgan fingerprint density at radius 2 is 1.93 bits per heavy atom. The van der Waals surface area contributed by atoms with Gasteiger partial charge in [-0.3, -0.25) is 14.5 Å². The minimum Gasteiger partial charge on any atom is -0.333 e. The largest absolute Gasteiger partial charge is 0.439 e. The van der Waals surface area contributed by atoms with Crippen molar-refractivity contribution >= 4 is 28.6 Å². The third-order valence-electron chi connectivity index (χ3n) is 7.01. The van der Waals surface area contributed by atoms with Crippen LogP contribution >= 0.6 is 11.6 Å². The number of fused-ring (bicyclic) bond motifs is 1. The summed E-state index contributed by atoms with van der Waals surface area (Å²) in [6.45, 7) is 14.8. The van der Waals surface area contributed by atoms with E-state index in [9.17, 15) is 4.79 Å². The van der Waals surface area contributed by atoms with Gasteiger partial charge in [0.15, 0.2) is 0 Å². The number of hydrogen-bond donors (Lipinski definition) is 1. The molecule has 4 aromatic rings. The van der Waals surface area contributed by atoms with Crippen LogP contribution in [0.15, 0.2) is 46.5 Å². The van der Waals surface area contributed by atoms with E-state index in [0.717, 1.165) is 37.6 Å². The van der Waals surface area contributed by atoms with Gasteiger partial charge in [0.1, 0.15) is 11.2 Å². The molecule has 0 bridgehead atoms. The quantitative estimate of drug-likeness (QED) is 0.160. The molecule has 10 heteroatoms. The predicted molar refractivity (Wildman–Crippen MR) is 160 cm³/mol. The lowest BCUT2D eigenvalue weighted by Gasteiger charge is -2.33. The fourth-order valence-electron chi connectivity index (χ4n) is 4.80. The zero-order valence-corrected chi connectivity index (χ0v) is 24.5. The number of pyridine rings is 2. The minimum atomic E-state index is -0.666. The number of anilines is 1. The number of rotatable bonds is 11. The Labute approximate surface area is 239 Å². The Bertz CT molecular complexity index is 1590. The number of nitrogens with one attached hydrogen (secondary N) is 1. The van der Waals surface area contributed by atoms with E-state index in [1.54, 1.807) is 24.5 Å². The average Bonchev–Trinajstić information content (AvgIpc) is 3.54. The molecular formula is C30H36ClN7O2. The van der Waals surface area contributed by atoms with Gasteiger partial charge in [0.25, 0.3) is 0 Å². The van der Waals surface area contributed by atoms with Gasteiger partial charge in [-0.25, -0.2) is 19.3 Å². The first-order valence-electron chi connectivity index (χ1n) is 13.8. The van der Waals surface area contributed by atoms with Gasteiger partial charge in [0.05, 0.1) is 16.2 Å². The van der Waals surface area contributed by atoms with Crippen LogP contribution in [-0.4, -0.2) is 41.7 Å². The molecule has 1 N–H and O–H groups in total. The number of aromatic amines is 1. The summed E-state index contributed by atoms with van der Waals surface area (Å²) >= 11 is 6.36. The molecule has 40 heavy (non-hydrogen) atoms. The standard InChI is InChI=1S/C30H36ClN7O2/c1-7-11-21(12-8-2)13-14-37-27-24(34-29(37)38(19(5)9-3)20(6)10-4)16-25(28-35-30(39)40-36-28)33-26(27)22-15-23(31)18-32-17-22/h9,15-21H,3,7-8,10-12H2,1-2,4-6H3,(H,35,36,39). The molecule has 0 aliphatic heterocycles. The number of aromatic nitrogens is 6. The van der Waals surface area contributed by atoms with Gasteiger partial charge in [-0.2, -0.15) is 0 Å². The summed E-state index contributed by atoms with van der Waals surface area (Å²) in [6, 6.07) is 7.21. The molecule has 9 nitrogen and oxygen atoms in total. The number of halogens is 1. The molecule has 0 spiro atoms.